The molecule has 1 aliphatic rings. The van der Waals surface area contributed by atoms with Gasteiger partial charge < -0.3 is 0 Å². The number of hydrogen-bond donors (Lipinski definition) is 1. The minimum absolute atomic E-state index is 0.0664. The van der Waals surface area contributed by atoms with Crippen molar-refractivity contribution >= 4 is 26.1 Å². The second kappa shape index (κ2) is 7.03. The number of rotatable bonds is 4. The Morgan fingerprint density at radius 3 is 1.90 bits per heavy atom. The van der Waals surface area contributed by atoms with Crippen molar-refractivity contribution in [3.05, 3.63) is 71.8 Å². The second-order valence-corrected chi connectivity index (χ2v) is 8.32. The molecule has 106 valence electrons. The van der Waals surface area contributed by atoms with Crippen LogP contribution in [0.15, 0.2) is 60.7 Å². The molecule has 2 atom stereocenters. The summed E-state index contributed by atoms with van der Waals surface area (Å²) in [5.41, 5.74) is 2.42. The first kappa shape index (κ1) is 15.2. The standard InChI is InChI=1S/C18H20NO.Tl/c20-18(16-12-7-13-19-16)17(14-8-3-1-4-9-14)15-10-5-2-6-11-15;/h1-6,8-11,16-18,20H,7,12-13H2;/q-1;+1/t16-,18?;/m1./s1. The van der Waals surface area contributed by atoms with Gasteiger partial charge in [0, 0.05) is 0 Å². The Balaban J connectivity index is 1.96. The van der Waals surface area contributed by atoms with E-state index in [2.05, 4.69) is 51.2 Å². The maximum atomic E-state index is 11.1. The van der Waals surface area contributed by atoms with Gasteiger partial charge in [-0.05, 0) is 0 Å². The van der Waals surface area contributed by atoms with E-state index in [-0.39, 0.29) is 12.0 Å². The maximum absolute atomic E-state index is 11.1. The molecular weight excluding hydrogens is 451 g/mol. The molecule has 0 radical (unpaired) electrons. The quantitative estimate of drug-likeness (QED) is 0.695. The molecule has 1 heterocycles. The molecule has 0 bridgehead atoms. The van der Waals surface area contributed by atoms with Crippen LogP contribution in [0.2, 0.25) is 0 Å². The second-order valence-electron chi connectivity index (χ2n) is 5.74. The third-order valence-electron chi connectivity index (χ3n) is 4.40. The van der Waals surface area contributed by atoms with Crippen LogP contribution in [0.25, 0.3) is 0 Å². The first-order valence-corrected chi connectivity index (χ1v) is 9.57. The predicted molar refractivity (Wildman–Crippen MR) is 86.2 cm³/mol. The van der Waals surface area contributed by atoms with Gasteiger partial charge in [0.2, 0.25) is 0 Å². The average molecular weight is 471 g/mol. The first-order chi connectivity index (χ1) is 10.3. The number of aliphatic hydroxyl groups is 1. The van der Waals surface area contributed by atoms with Gasteiger partial charge in [0.05, 0.1) is 0 Å². The van der Waals surface area contributed by atoms with E-state index in [1.165, 1.54) is 17.5 Å². The van der Waals surface area contributed by atoms with Crippen LogP contribution < -0.4 is 0 Å². The Morgan fingerprint density at radius 1 is 0.952 bits per heavy atom. The molecular formula is C18H20NOTl. The topological polar surface area (TPSA) is 23.5 Å². The molecule has 0 spiro atoms. The van der Waals surface area contributed by atoms with E-state index >= 15 is 0 Å². The monoisotopic (exact) mass is 471 g/mol. The fourth-order valence-electron chi connectivity index (χ4n) is 3.31. The van der Waals surface area contributed by atoms with E-state index < -0.39 is 0 Å². The average Bonchev–Trinajstić information content (AvgIpc) is 2.96. The Labute approximate surface area is 142 Å². The molecule has 3 rings (SSSR count). The molecule has 1 fully saturated rings. The fraction of sp³-hybridized carbons (Fsp3) is 0.333. The molecule has 1 N–H and O–H groups in total. The van der Waals surface area contributed by atoms with Crippen molar-refractivity contribution in [1.82, 2.24) is 2.71 Å². The van der Waals surface area contributed by atoms with Crippen LogP contribution in [-0.2, 0) is 0 Å². The Morgan fingerprint density at radius 2 is 1.48 bits per heavy atom. The molecule has 0 aromatic heterocycles. The van der Waals surface area contributed by atoms with E-state index in [4.69, 9.17) is 0 Å². The van der Waals surface area contributed by atoms with Gasteiger partial charge in [-0.15, -0.1) is 0 Å². The molecule has 0 saturated carbocycles. The Hall–Kier alpha value is -0.718. The third-order valence-corrected chi connectivity index (χ3v) is 6.89. The molecule has 2 aromatic carbocycles. The summed E-state index contributed by atoms with van der Waals surface area (Å²) in [6.45, 7) is 1.16. The van der Waals surface area contributed by atoms with Gasteiger partial charge in [0.1, 0.15) is 0 Å². The van der Waals surface area contributed by atoms with Crippen LogP contribution in [-0.4, -0.2) is 52.6 Å². The van der Waals surface area contributed by atoms with Crippen LogP contribution in [0.1, 0.15) is 29.9 Å². The molecule has 21 heavy (non-hydrogen) atoms. The number of benzene rings is 2. The van der Waals surface area contributed by atoms with Crippen molar-refractivity contribution in [2.45, 2.75) is 30.9 Å². The Bertz CT molecular complexity index is 520. The van der Waals surface area contributed by atoms with E-state index in [9.17, 15) is 5.11 Å². The molecule has 1 unspecified atom stereocenters. The number of hydrogen-bond acceptors (Lipinski definition) is 2. The fourth-order valence-corrected chi connectivity index (χ4v) is 5.29. The van der Waals surface area contributed by atoms with Crippen molar-refractivity contribution in [3.8, 4) is 0 Å². The van der Waals surface area contributed by atoms with Crippen molar-refractivity contribution in [3.63, 3.8) is 0 Å². The van der Waals surface area contributed by atoms with E-state index in [0.717, 1.165) is 39.0 Å². The van der Waals surface area contributed by atoms with Crippen molar-refractivity contribution in [2.24, 2.45) is 0 Å². The third kappa shape index (κ3) is 3.38. The van der Waals surface area contributed by atoms with Crippen molar-refractivity contribution < 1.29 is 5.11 Å². The van der Waals surface area contributed by atoms with Crippen LogP contribution in [0.4, 0.5) is 0 Å². The normalized spacial score (nSPS) is 20.7. The molecule has 1 aliphatic heterocycles. The van der Waals surface area contributed by atoms with E-state index in [0.29, 0.717) is 6.04 Å². The molecule has 0 aliphatic carbocycles. The molecule has 3 heteroatoms. The van der Waals surface area contributed by atoms with Crippen molar-refractivity contribution in [1.29, 1.82) is 0 Å². The minimum atomic E-state index is -0.331. The number of aliphatic hydroxyl groups excluding tert-OH is 1. The van der Waals surface area contributed by atoms with Gasteiger partial charge in [0.15, 0.2) is 0 Å². The van der Waals surface area contributed by atoms with Crippen LogP contribution in [0.3, 0.4) is 0 Å². The zero-order valence-electron chi connectivity index (χ0n) is 12.1. The van der Waals surface area contributed by atoms with Crippen LogP contribution in [0.5, 0.6) is 0 Å². The van der Waals surface area contributed by atoms with Gasteiger partial charge in [-0.2, -0.15) is 0 Å². The van der Waals surface area contributed by atoms with Crippen LogP contribution >= 0.6 is 0 Å². The molecule has 2 nitrogen and oxygen atoms in total. The summed E-state index contributed by atoms with van der Waals surface area (Å²) in [6, 6.07) is 21.2. The first-order valence-electron chi connectivity index (χ1n) is 7.56. The van der Waals surface area contributed by atoms with E-state index in [1.54, 1.807) is 0 Å². The van der Waals surface area contributed by atoms with Gasteiger partial charge in [0.25, 0.3) is 0 Å². The summed E-state index contributed by atoms with van der Waals surface area (Å²) < 4.78 is 2.46. The van der Waals surface area contributed by atoms with Crippen molar-refractivity contribution in [2.75, 3.05) is 6.54 Å². The predicted octanol–water partition coefficient (Wildman–Crippen LogP) is 2.73. The summed E-state index contributed by atoms with van der Waals surface area (Å²) in [7, 11) is 0. The van der Waals surface area contributed by atoms with Crippen LogP contribution in [0, 0.1) is 0 Å². The summed E-state index contributed by atoms with van der Waals surface area (Å²) in [6.07, 6.45) is 2.00. The molecule has 1 saturated heterocycles. The van der Waals surface area contributed by atoms with E-state index in [1.807, 2.05) is 12.1 Å². The number of nitrogens with zero attached hydrogens (tertiary/aromatic N) is 1. The summed E-state index contributed by atoms with van der Waals surface area (Å²) >= 11 is 0.810. The summed E-state index contributed by atoms with van der Waals surface area (Å²) in [4.78, 5) is 0. The zero-order chi connectivity index (χ0) is 14.7. The zero-order valence-corrected chi connectivity index (χ0v) is 16.6. The van der Waals surface area contributed by atoms with Gasteiger partial charge in [-0.25, -0.2) is 0 Å². The molecule has 2 aromatic rings. The van der Waals surface area contributed by atoms with Gasteiger partial charge >= 0.3 is 143 Å². The summed E-state index contributed by atoms with van der Waals surface area (Å²) in [5.74, 6) is 0.0664. The van der Waals surface area contributed by atoms with Gasteiger partial charge in [-0.3, -0.25) is 0 Å². The molecule has 0 amide bonds. The Kier molecular flexibility index (Phi) is 5.08. The summed E-state index contributed by atoms with van der Waals surface area (Å²) in [5, 5.41) is 11.1. The van der Waals surface area contributed by atoms with Gasteiger partial charge in [-0.1, -0.05) is 0 Å². The SMILES string of the molecule is OC(C(c1ccccc1)c1ccccc1)[C@H]1CCC[N]1[Tl].